The van der Waals surface area contributed by atoms with Crippen molar-refractivity contribution < 1.29 is 4.42 Å². The van der Waals surface area contributed by atoms with E-state index in [1.807, 2.05) is 24.3 Å². The van der Waals surface area contributed by atoms with Crippen molar-refractivity contribution in [3.63, 3.8) is 0 Å². The van der Waals surface area contributed by atoms with Crippen LogP contribution in [0.15, 0.2) is 56.5 Å². The molecule has 1 heterocycles. The van der Waals surface area contributed by atoms with E-state index < -0.39 is 0 Å². The molecular formula is C18H24BrN3O. The molecule has 0 saturated carbocycles. The van der Waals surface area contributed by atoms with Gasteiger partial charge < -0.3 is 15.1 Å². The maximum Gasteiger partial charge on any atom is 0.191 e. The average Bonchev–Trinajstić information content (AvgIpc) is 3.07. The number of nitrogens with one attached hydrogen (secondary N) is 2. The molecule has 1 atom stereocenters. The van der Waals surface area contributed by atoms with E-state index in [2.05, 4.69) is 57.5 Å². The van der Waals surface area contributed by atoms with Gasteiger partial charge in [-0.05, 0) is 43.2 Å². The molecule has 2 rings (SSSR count). The van der Waals surface area contributed by atoms with Gasteiger partial charge in [0.25, 0.3) is 0 Å². The van der Waals surface area contributed by atoms with Crippen LogP contribution >= 0.6 is 15.9 Å². The van der Waals surface area contributed by atoms with Crippen molar-refractivity contribution in [1.82, 2.24) is 10.6 Å². The standard InChI is InChI=1S/C18H24BrN3O/c1-3-14(2)22-18(20-11-10-17-5-4-12-23-17)21-13-15-6-8-16(19)9-7-15/h4-9,12,14H,3,10-11,13H2,1-2H3,(H2,20,21,22). The van der Waals surface area contributed by atoms with Crippen LogP contribution in [0.1, 0.15) is 31.6 Å². The normalized spacial score (nSPS) is 12.9. The van der Waals surface area contributed by atoms with Crippen LogP contribution in [0, 0.1) is 0 Å². The number of guanidine groups is 1. The summed E-state index contributed by atoms with van der Waals surface area (Å²) in [7, 11) is 0. The summed E-state index contributed by atoms with van der Waals surface area (Å²) in [6.07, 6.45) is 3.60. The number of halogens is 1. The van der Waals surface area contributed by atoms with Gasteiger partial charge in [-0.2, -0.15) is 0 Å². The van der Waals surface area contributed by atoms with Gasteiger partial charge in [0.2, 0.25) is 0 Å². The van der Waals surface area contributed by atoms with Crippen molar-refractivity contribution in [3.05, 3.63) is 58.5 Å². The largest absolute Gasteiger partial charge is 0.469 e. The quantitative estimate of drug-likeness (QED) is 0.563. The zero-order valence-electron chi connectivity index (χ0n) is 13.7. The molecule has 1 aromatic heterocycles. The lowest BCUT2D eigenvalue weighted by molar-refractivity contribution is 0.506. The van der Waals surface area contributed by atoms with Gasteiger partial charge in [0.05, 0.1) is 12.8 Å². The van der Waals surface area contributed by atoms with Gasteiger partial charge in [0, 0.05) is 23.5 Å². The fourth-order valence-corrected chi connectivity index (χ4v) is 2.27. The van der Waals surface area contributed by atoms with Gasteiger partial charge in [-0.25, -0.2) is 4.99 Å². The summed E-state index contributed by atoms with van der Waals surface area (Å²) in [6, 6.07) is 12.5. The van der Waals surface area contributed by atoms with E-state index in [1.165, 1.54) is 5.56 Å². The third kappa shape index (κ3) is 6.48. The topological polar surface area (TPSA) is 49.6 Å². The highest BCUT2D eigenvalue weighted by atomic mass is 79.9. The predicted molar refractivity (Wildman–Crippen MR) is 98.6 cm³/mol. The van der Waals surface area contributed by atoms with Crippen molar-refractivity contribution in [1.29, 1.82) is 0 Å². The first kappa shape index (κ1) is 17.6. The molecule has 0 aliphatic carbocycles. The monoisotopic (exact) mass is 377 g/mol. The second kappa shape index (κ2) is 9.40. The Balaban J connectivity index is 1.91. The molecule has 0 saturated heterocycles. The SMILES string of the molecule is CCC(C)NC(=NCc1ccc(Br)cc1)NCCc1ccco1. The number of aliphatic imine (C=N–C) groups is 1. The molecular weight excluding hydrogens is 354 g/mol. The highest BCUT2D eigenvalue weighted by Gasteiger charge is 2.04. The molecule has 23 heavy (non-hydrogen) atoms. The maximum atomic E-state index is 5.35. The Morgan fingerprint density at radius 1 is 1.26 bits per heavy atom. The Kier molecular flexibility index (Phi) is 7.20. The molecule has 0 radical (unpaired) electrons. The van der Waals surface area contributed by atoms with Crippen LogP contribution in [0.4, 0.5) is 0 Å². The van der Waals surface area contributed by atoms with Gasteiger partial charge >= 0.3 is 0 Å². The molecule has 0 fully saturated rings. The van der Waals surface area contributed by atoms with E-state index in [9.17, 15) is 0 Å². The minimum absolute atomic E-state index is 0.384. The first-order chi connectivity index (χ1) is 11.2. The fourth-order valence-electron chi connectivity index (χ4n) is 2.01. The van der Waals surface area contributed by atoms with E-state index in [-0.39, 0.29) is 0 Å². The Morgan fingerprint density at radius 3 is 2.70 bits per heavy atom. The van der Waals surface area contributed by atoms with Crippen LogP contribution in [-0.2, 0) is 13.0 Å². The predicted octanol–water partition coefficient (Wildman–Crippen LogP) is 4.12. The third-order valence-electron chi connectivity index (χ3n) is 3.57. The van der Waals surface area contributed by atoms with E-state index in [0.717, 1.165) is 35.6 Å². The van der Waals surface area contributed by atoms with Gasteiger partial charge in [0.1, 0.15) is 5.76 Å². The van der Waals surface area contributed by atoms with Crippen LogP contribution < -0.4 is 10.6 Å². The van der Waals surface area contributed by atoms with Crippen molar-refractivity contribution >= 4 is 21.9 Å². The lowest BCUT2D eigenvalue weighted by Crippen LogP contribution is -2.42. The molecule has 4 nitrogen and oxygen atoms in total. The highest BCUT2D eigenvalue weighted by molar-refractivity contribution is 9.10. The second-order valence-electron chi connectivity index (χ2n) is 5.50. The summed E-state index contributed by atoms with van der Waals surface area (Å²) in [6.45, 7) is 5.76. The molecule has 0 aliphatic heterocycles. The van der Waals surface area contributed by atoms with Crippen LogP contribution in [0.25, 0.3) is 0 Å². The Labute approximate surface area is 146 Å². The lowest BCUT2D eigenvalue weighted by Gasteiger charge is -2.17. The molecule has 0 aliphatic rings. The van der Waals surface area contributed by atoms with Gasteiger partial charge in [-0.1, -0.05) is 35.0 Å². The molecule has 1 unspecified atom stereocenters. The van der Waals surface area contributed by atoms with Crippen molar-refractivity contribution in [2.24, 2.45) is 4.99 Å². The minimum Gasteiger partial charge on any atom is -0.469 e. The molecule has 0 amide bonds. The van der Waals surface area contributed by atoms with Gasteiger partial charge in [-0.15, -0.1) is 0 Å². The van der Waals surface area contributed by atoms with E-state index in [1.54, 1.807) is 6.26 Å². The van der Waals surface area contributed by atoms with Gasteiger partial charge in [-0.3, -0.25) is 0 Å². The van der Waals surface area contributed by atoms with Crippen LogP contribution in [-0.4, -0.2) is 18.5 Å². The summed E-state index contributed by atoms with van der Waals surface area (Å²) in [4.78, 5) is 4.68. The lowest BCUT2D eigenvalue weighted by atomic mass is 10.2. The van der Waals surface area contributed by atoms with Crippen LogP contribution in [0.3, 0.4) is 0 Å². The number of nitrogens with zero attached hydrogens (tertiary/aromatic N) is 1. The molecule has 1 aromatic carbocycles. The summed E-state index contributed by atoms with van der Waals surface area (Å²) < 4.78 is 6.44. The average molecular weight is 378 g/mol. The van der Waals surface area contributed by atoms with Crippen molar-refractivity contribution in [3.8, 4) is 0 Å². The minimum atomic E-state index is 0.384. The number of rotatable bonds is 7. The van der Waals surface area contributed by atoms with E-state index in [4.69, 9.17) is 4.42 Å². The van der Waals surface area contributed by atoms with Crippen LogP contribution in [0.2, 0.25) is 0 Å². The molecule has 2 N–H and O–H groups in total. The zero-order chi connectivity index (χ0) is 16.5. The molecule has 0 bridgehead atoms. The second-order valence-corrected chi connectivity index (χ2v) is 6.42. The molecule has 0 spiro atoms. The number of hydrogen-bond donors (Lipinski definition) is 2. The van der Waals surface area contributed by atoms with E-state index in [0.29, 0.717) is 12.6 Å². The third-order valence-corrected chi connectivity index (χ3v) is 4.10. The van der Waals surface area contributed by atoms with Crippen molar-refractivity contribution in [2.75, 3.05) is 6.54 Å². The molecule has 5 heteroatoms. The number of furan rings is 1. The Bertz CT molecular complexity index is 593. The number of benzene rings is 1. The van der Waals surface area contributed by atoms with Gasteiger partial charge in [0.15, 0.2) is 5.96 Å². The molecule has 124 valence electrons. The fraction of sp³-hybridized carbons (Fsp3) is 0.389. The van der Waals surface area contributed by atoms with Crippen LogP contribution in [0.5, 0.6) is 0 Å². The molecule has 2 aromatic rings. The smallest absolute Gasteiger partial charge is 0.191 e. The number of hydrogen-bond acceptors (Lipinski definition) is 2. The summed E-state index contributed by atoms with van der Waals surface area (Å²) >= 11 is 3.45. The Morgan fingerprint density at radius 2 is 2.04 bits per heavy atom. The van der Waals surface area contributed by atoms with E-state index >= 15 is 0 Å². The summed E-state index contributed by atoms with van der Waals surface area (Å²) in [5, 5.41) is 6.80. The first-order valence-electron chi connectivity index (χ1n) is 7.99. The summed E-state index contributed by atoms with van der Waals surface area (Å²) in [5.41, 5.74) is 1.18. The van der Waals surface area contributed by atoms with Crippen molar-refractivity contribution in [2.45, 2.75) is 39.3 Å². The Hall–Kier alpha value is -1.75. The summed E-state index contributed by atoms with van der Waals surface area (Å²) in [5.74, 6) is 1.82. The maximum absolute atomic E-state index is 5.35. The zero-order valence-corrected chi connectivity index (χ0v) is 15.3. The first-order valence-corrected chi connectivity index (χ1v) is 8.78. The highest BCUT2D eigenvalue weighted by Crippen LogP contribution is 2.11.